The molecule has 0 atom stereocenters. The SMILES string of the molecule is COc1ccc(CCCNc2cc(Cl)cn3c(=O)[nH]nc23)cc1N. The third-order valence-electron chi connectivity index (χ3n) is 3.73. The fourth-order valence-corrected chi connectivity index (χ4v) is 2.77. The third-order valence-corrected chi connectivity index (χ3v) is 3.94. The Balaban J connectivity index is 1.63. The summed E-state index contributed by atoms with van der Waals surface area (Å²) in [6, 6.07) is 7.54. The molecule has 0 unspecified atom stereocenters. The van der Waals surface area contributed by atoms with Crippen molar-refractivity contribution < 1.29 is 4.74 Å². The van der Waals surface area contributed by atoms with E-state index in [1.807, 2.05) is 18.2 Å². The molecule has 4 N–H and O–H groups in total. The van der Waals surface area contributed by atoms with Gasteiger partial charge < -0.3 is 15.8 Å². The second-order valence-electron chi connectivity index (χ2n) is 5.40. The topological polar surface area (TPSA) is 97.4 Å². The number of halogens is 1. The summed E-state index contributed by atoms with van der Waals surface area (Å²) in [7, 11) is 1.60. The van der Waals surface area contributed by atoms with E-state index in [1.54, 1.807) is 13.2 Å². The van der Waals surface area contributed by atoms with Crippen molar-refractivity contribution in [1.29, 1.82) is 0 Å². The Hall–Kier alpha value is -2.67. The molecule has 0 radical (unpaired) electrons. The predicted octanol–water partition coefficient (Wildman–Crippen LogP) is 2.31. The fourth-order valence-electron chi connectivity index (χ4n) is 2.56. The second kappa shape index (κ2) is 6.84. The van der Waals surface area contributed by atoms with Crippen LogP contribution in [0.1, 0.15) is 12.0 Å². The molecule has 2 aromatic heterocycles. The number of hydrogen-bond acceptors (Lipinski definition) is 5. The van der Waals surface area contributed by atoms with E-state index in [2.05, 4.69) is 15.5 Å². The molecule has 0 aliphatic rings. The predicted molar refractivity (Wildman–Crippen MR) is 95.0 cm³/mol. The number of aromatic nitrogens is 3. The monoisotopic (exact) mass is 347 g/mol. The van der Waals surface area contributed by atoms with E-state index in [4.69, 9.17) is 22.1 Å². The Morgan fingerprint density at radius 1 is 1.42 bits per heavy atom. The van der Waals surface area contributed by atoms with E-state index in [1.165, 1.54) is 10.6 Å². The first-order valence-electron chi connectivity index (χ1n) is 7.51. The van der Waals surface area contributed by atoms with Gasteiger partial charge in [-0.25, -0.2) is 14.3 Å². The minimum Gasteiger partial charge on any atom is -0.495 e. The molecule has 0 amide bonds. The summed E-state index contributed by atoms with van der Waals surface area (Å²) in [5.74, 6) is 0.683. The minimum atomic E-state index is -0.316. The highest BCUT2D eigenvalue weighted by Gasteiger charge is 2.08. The number of hydrogen-bond donors (Lipinski definition) is 3. The fraction of sp³-hybridized carbons (Fsp3) is 0.250. The first-order valence-corrected chi connectivity index (χ1v) is 7.89. The number of H-pyrrole nitrogens is 1. The Morgan fingerprint density at radius 3 is 3.00 bits per heavy atom. The van der Waals surface area contributed by atoms with Crippen LogP contribution in [0.3, 0.4) is 0 Å². The number of methoxy groups -OCH3 is 1. The lowest BCUT2D eigenvalue weighted by molar-refractivity contribution is 0.417. The molecule has 126 valence electrons. The molecule has 3 rings (SSSR count). The van der Waals surface area contributed by atoms with Crippen molar-refractivity contribution in [2.45, 2.75) is 12.8 Å². The molecule has 2 heterocycles. The average Bonchev–Trinajstić information content (AvgIpc) is 2.93. The Morgan fingerprint density at radius 2 is 2.25 bits per heavy atom. The number of fused-ring (bicyclic) bond motifs is 1. The molecule has 0 saturated heterocycles. The molecule has 0 aliphatic heterocycles. The highest BCUT2D eigenvalue weighted by Crippen LogP contribution is 2.23. The number of nitrogens with two attached hydrogens (primary N) is 1. The van der Waals surface area contributed by atoms with Crippen LogP contribution in [0.4, 0.5) is 11.4 Å². The lowest BCUT2D eigenvalue weighted by Gasteiger charge is -2.09. The number of anilines is 2. The number of nitrogens with zero attached hydrogens (tertiary/aromatic N) is 2. The molecule has 0 fully saturated rings. The maximum Gasteiger partial charge on any atom is 0.347 e. The van der Waals surface area contributed by atoms with Gasteiger partial charge >= 0.3 is 5.69 Å². The van der Waals surface area contributed by atoms with E-state index in [-0.39, 0.29) is 5.69 Å². The highest BCUT2D eigenvalue weighted by atomic mass is 35.5. The lowest BCUT2D eigenvalue weighted by Crippen LogP contribution is -2.10. The van der Waals surface area contributed by atoms with Crippen LogP contribution >= 0.6 is 11.6 Å². The summed E-state index contributed by atoms with van der Waals surface area (Å²) in [6.45, 7) is 0.711. The third kappa shape index (κ3) is 3.30. The van der Waals surface area contributed by atoms with Crippen molar-refractivity contribution in [3.05, 3.63) is 51.5 Å². The van der Waals surface area contributed by atoms with E-state index in [0.717, 1.165) is 24.1 Å². The summed E-state index contributed by atoms with van der Waals surface area (Å²) >= 11 is 6.04. The molecule has 24 heavy (non-hydrogen) atoms. The molecule has 0 spiro atoms. The number of nitrogens with one attached hydrogen (secondary N) is 2. The van der Waals surface area contributed by atoms with Crippen LogP contribution in [0, 0.1) is 0 Å². The van der Waals surface area contributed by atoms with Gasteiger partial charge in [-0.2, -0.15) is 5.10 Å². The average molecular weight is 348 g/mol. The molecule has 0 saturated carbocycles. The number of aromatic amines is 1. The molecule has 7 nitrogen and oxygen atoms in total. The molecular formula is C16H18ClN5O2. The van der Waals surface area contributed by atoms with Gasteiger partial charge in [0.15, 0.2) is 5.65 Å². The lowest BCUT2D eigenvalue weighted by atomic mass is 10.1. The Labute approximate surface area is 143 Å². The Kier molecular flexibility index (Phi) is 4.61. The van der Waals surface area contributed by atoms with Gasteiger partial charge in [0.1, 0.15) is 5.75 Å². The number of nitrogen functional groups attached to an aromatic ring is 1. The maximum absolute atomic E-state index is 11.6. The molecule has 8 heteroatoms. The molecule has 3 aromatic rings. The zero-order valence-corrected chi connectivity index (χ0v) is 13.9. The van der Waals surface area contributed by atoms with Crippen LogP contribution in [0.5, 0.6) is 5.75 Å². The minimum absolute atomic E-state index is 0.316. The number of aryl methyl sites for hydroxylation is 1. The summed E-state index contributed by atoms with van der Waals surface area (Å²) in [5.41, 5.74) is 8.61. The van der Waals surface area contributed by atoms with Gasteiger partial charge in [0, 0.05) is 12.7 Å². The molecule has 0 aliphatic carbocycles. The zero-order chi connectivity index (χ0) is 17.1. The number of benzene rings is 1. The zero-order valence-electron chi connectivity index (χ0n) is 13.2. The van der Waals surface area contributed by atoms with Crippen molar-refractivity contribution in [2.75, 3.05) is 24.7 Å². The largest absolute Gasteiger partial charge is 0.495 e. The van der Waals surface area contributed by atoms with Crippen LogP contribution in [-0.2, 0) is 6.42 Å². The molecule has 0 bridgehead atoms. The first kappa shape index (κ1) is 16.2. The molecule has 1 aromatic carbocycles. The number of rotatable bonds is 6. The summed E-state index contributed by atoms with van der Waals surface area (Å²) in [4.78, 5) is 11.6. The van der Waals surface area contributed by atoms with Crippen LogP contribution in [0.2, 0.25) is 5.02 Å². The van der Waals surface area contributed by atoms with E-state index in [0.29, 0.717) is 28.7 Å². The standard InChI is InChI=1S/C16H18ClN5O2/c1-24-14-5-4-10(7-12(14)18)3-2-6-19-13-8-11(17)9-22-15(13)20-21-16(22)23/h4-5,7-9,19H,2-3,6,18H2,1H3,(H,21,23). The van der Waals surface area contributed by atoms with Crippen molar-refractivity contribution in [2.24, 2.45) is 0 Å². The highest BCUT2D eigenvalue weighted by molar-refractivity contribution is 6.30. The van der Waals surface area contributed by atoms with Gasteiger partial charge in [-0.3, -0.25) is 0 Å². The normalized spacial score (nSPS) is 10.9. The van der Waals surface area contributed by atoms with E-state index < -0.39 is 0 Å². The van der Waals surface area contributed by atoms with Crippen molar-refractivity contribution in [3.63, 3.8) is 0 Å². The molecular weight excluding hydrogens is 330 g/mol. The summed E-state index contributed by atoms with van der Waals surface area (Å²) in [6.07, 6.45) is 3.29. The maximum atomic E-state index is 11.6. The Bertz CT molecular complexity index is 918. The summed E-state index contributed by atoms with van der Waals surface area (Å²) in [5, 5.41) is 10.1. The van der Waals surface area contributed by atoms with E-state index >= 15 is 0 Å². The number of ether oxygens (including phenoxy) is 1. The van der Waals surface area contributed by atoms with Crippen molar-refractivity contribution in [3.8, 4) is 5.75 Å². The van der Waals surface area contributed by atoms with Crippen molar-refractivity contribution in [1.82, 2.24) is 14.6 Å². The smallest absolute Gasteiger partial charge is 0.347 e. The first-order chi connectivity index (χ1) is 11.6. The quantitative estimate of drug-likeness (QED) is 0.469. The van der Waals surface area contributed by atoms with Gasteiger partial charge in [0.05, 0.1) is 23.5 Å². The van der Waals surface area contributed by atoms with Gasteiger partial charge in [0.25, 0.3) is 0 Å². The van der Waals surface area contributed by atoms with Gasteiger partial charge in [-0.1, -0.05) is 17.7 Å². The second-order valence-corrected chi connectivity index (χ2v) is 5.84. The van der Waals surface area contributed by atoms with Gasteiger partial charge in [-0.15, -0.1) is 0 Å². The van der Waals surface area contributed by atoms with E-state index in [9.17, 15) is 4.79 Å². The number of pyridine rings is 1. The van der Waals surface area contributed by atoms with Gasteiger partial charge in [0.2, 0.25) is 0 Å². The van der Waals surface area contributed by atoms with Crippen LogP contribution in [-0.4, -0.2) is 28.3 Å². The summed E-state index contributed by atoms with van der Waals surface area (Å²) < 4.78 is 6.53. The van der Waals surface area contributed by atoms with Crippen LogP contribution in [0.15, 0.2) is 35.3 Å². The van der Waals surface area contributed by atoms with Crippen LogP contribution in [0.25, 0.3) is 5.65 Å². The van der Waals surface area contributed by atoms with Crippen LogP contribution < -0.4 is 21.5 Å². The van der Waals surface area contributed by atoms with Crippen molar-refractivity contribution >= 4 is 28.6 Å². The van der Waals surface area contributed by atoms with Gasteiger partial charge in [-0.05, 0) is 36.6 Å².